The SMILES string of the molecule is CCOc1ccccc1N(CC(=O)N(Cc1ccccc1Cl)[C@@H](Cc1ccccc1)C(=O)NC1CCCC1)S(=O)(=O)c1ccccc1. The maximum atomic E-state index is 14.7. The largest absolute Gasteiger partial charge is 0.492 e. The van der Waals surface area contributed by atoms with Crippen LogP contribution in [0.5, 0.6) is 5.75 Å². The van der Waals surface area contributed by atoms with Gasteiger partial charge in [0.1, 0.15) is 18.3 Å². The van der Waals surface area contributed by atoms with E-state index in [-0.39, 0.29) is 35.5 Å². The highest BCUT2D eigenvalue weighted by Crippen LogP contribution is 2.33. The minimum Gasteiger partial charge on any atom is -0.492 e. The second-order valence-electron chi connectivity index (χ2n) is 11.5. The van der Waals surface area contributed by atoms with Crippen LogP contribution in [0.4, 0.5) is 5.69 Å². The third-order valence-electron chi connectivity index (χ3n) is 8.32. The van der Waals surface area contributed by atoms with Gasteiger partial charge in [-0.05, 0) is 61.2 Å². The van der Waals surface area contributed by atoms with Crippen molar-refractivity contribution >= 4 is 39.1 Å². The summed E-state index contributed by atoms with van der Waals surface area (Å²) in [4.78, 5) is 30.4. The molecule has 0 aliphatic heterocycles. The summed E-state index contributed by atoms with van der Waals surface area (Å²) >= 11 is 6.60. The van der Waals surface area contributed by atoms with E-state index in [4.69, 9.17) is 16.3 Å². The molecule has 47 heavy (non-hydrogen) atoms. The van der Waals surface area contributed by atoms with Crippen LogP contribution in [0.15, 0.2) is 114 Å². The number of anilines is 1. The van der Waals surface area contributed by atoms with Crippen LogP contribution in [0.1, 0.15) is 43.7 Å². The zero-order chi connectivity index (χ0) is 33.2. The van der Waals surface area contributed by atoms with Crippen molar-refractivity contribution in [3.8, 4) is 5.75 Å². The number of carbonyl (C=O) groups is 2. The van der Waals surface area contributed by atoms with E-state index in [1.54, 1.807) is 67.6 Å². The Balaban J connectivity index is 1.59. The number of nitrogens with one attached hydrogen (secondary N) is 1. The number of amides is 2. The predicted molar refractivity (Wildman–Crippen MR) is 185 cm³/mol. The monoisotopic (exact) mass is 673 g/mol. The van der Waals surface area contributed by atoms with Gasteiger partial charge in [0.15, 0.2) is 0 Å². The topological polar surface area (TPSA) is 96.0 Å². The molecule has 0 spiro atoms. The highest BCUT2D eigenvalue weighted by Gasteiger charge is 2.36. The molecule has 246 valence electrons. The molecular weight excluding hydrogens is 634 g/mol. The summed E-state index contributed by atoms with van der Waals surface area (Å²) in [6.45, 7) is 1.53. The number of ether oxygens (including phenoxy) is 1. The Kier molecular flexibility index (Phi) is 11.6. The maximum absolute atomic E-state index is 14.7. The van der Waals surface area contributed by atoms with Crippen molar-refractivity contribution in [2.75, 3.05) is 17.5 Å². The first-order chi connectivity index (χ1) is 22.8. The van der Waals surface area contributed by atoms with Crippen molar-refractivity contribution in [1.82, 2.24) is 10.2 Å². The van der Waals surface area contributed by atoms with Crippen LogP contribution in [-0.4, -0.2) is 50.4 Å². The van der Waals surface area contributed by atoms with Gasteiger partial charge in [0.05, 0.1) is 17.2 Å². The van der Waals surface area contributed by atoms with Gasteiger partial charge in [-0.15, -0.1) is 0 Å². The van der Waals surface area contributed by atoms with E-state index < -0.39 is 28.5 Å². The minimum absolute atomic E-state index is 0.000422. The lowest BCUT2D eigenvalue weighted by Crippen LogP contribution is -2.54. The highest BCUT2D eigenvalue weighted by molar-refractivity contribution is 7.92. The van der Waals surface area contributed by atoms with Crippen molar-refractivity contribution < 1.29 is 22.7 Å². The summed E-state index contributed by atoms with van der Waals surface area (Å²) in [5, 5.41) is 3.62. The van der Waals surface area contributed by atoms with Crippen molar-refractivity contribution in [1.29, 1.82) is 0 Å². The van der Waals surface area contributed by atoms with Crippen molar-refractivity contribution in [2.24, 2.45) is 0 Å². The molecule has 2 amide bonds. The second-order valence-corrected chi connectivity index (χ2v) is 13.8. The van der Waals surface area contributed by atoms with Gasteiger partial charge in [-0.3, -0.25) is 13.9 Å². The van der Waals surface area contributed by atoms with Crippen LogP contribution < -0.4 is 14.4 Å². The summed E-state index contributed by atoms with van der Waals surface area (Å²) in [7, 11) is -4.25. The van der Waals surface area contributed by atoms with Crippen molar-refractivity contribution in [2.45, 2.75) is 62.6 Å². The van der Waals surface area contributed by atoms with Gasteiger partial charge in [-0.25, -0.2) is 8.42 Å². The molecule has 0 bridgehead atoms. The van der Waals surface area contributed by atoms with Crippen LogP contribution >= 0.6 is 11.6 Å². The van der Waals surface area contributed by atoms with Gasteiger partial charge in [-0.2, -0.15) is 0 Å². The molecule has 0 unspecified atom stereocenters. The van der Waals surface area contributed by atoms with Gasteiger partial charge in [0, 0.05) is 24.0 Å². The molecule has 8 nitrogen and oxygen atoms in total. The molecule has 0 aromatic heterocycles. The van der Waals surface area contributed by atoms with Crippen molar-refractivity contribution in [3.05, 3.63) is 125 Å². The average Bonchev–Trinajstić information content (AvgIpc) is 3.60. The fourth-order valence-electron chi connectivity index (χ4n) is 5.91. The number of hydrogen-bond acceptors (Lipinski definition) is 5. The normalized spacial score (nSPS) is 13.9. The smallest absolute Gasteiger partial charge is 0.264 e. The zero-order valence-corrected chi connectivity index (χ0v) is 28.0. The number of hydrogen-bond donors (Lipinski definition) is 1. The molecule has 0 saturated heterocycles. The third-order valence-corrected chi connectivity index (χ3v) is 10.5. The predicted octanol–water partition coefficient (Wildman–Crippen LogP) is 6.63. The summed E-state index contributed by atoms with van der Waals surface area (Å²) < 4.78 is 35.5. The number of para-hydroxylation sites is 2. The van der Waals surface area contributed by atoms with E-state index >= 15 is 0 Å². The first-order valence-electron chi connectivity index (χ1n) is 15.9. The van der Waals surface area contributed by atoms with E-state index in [0.29, 0.717) is 22.9 Å². The first kappa shape index (κ1) is 34.0. The number of halogens is 1. The molecular formula is C37H40ClN3O5S. The molecule has 1 fully saturated rings. The molecule has 1 atom stereocenters. The van der Waals surface area contributed by atoms with Gasteiger partial charge < -0.3 is 15.0 Å². The number of benzene rings is 4. The van der Waals surface area contributed by atoms with E-state index in [0.717, 1.165) is 35.6 Å². The Labute approximate surface area is 282 Å². The molecule has 1 saturated carbocycles. The Hall–Kier alpha value is -4.34. The lowest BCUT2D eigenvalue weighted by atomic mass is 10.0. The molecule has 4 aromatic rings. The lowest BCUT2D eigenvalue weighted by Gasteiger charge is -2.34. The van der Waals surface area contributed by atoms with Crippen LogP contribution in [-0.2, 0) is 32.6 Å². The Morgan fingerprint density at radius 2 is 1.49 bits per heavy atom. The molecule has 0 heterocycles. The first-order valence-corrected chi connectivity index (χ1v) is 17.8. The summed E-state index contributed by atoms with van der Waals surface area (Å²) in [6, 6.07) is 30.4. The number of sulfonamides is 1. The highest BCUT2D eigenvalue weighted by atomic mass is 35.5. The van der Waals surface area contributed by atoms with Crippen LogP contribution in [0.3, 0.4) is 0 Å². The number of rotatable bonds is 14. The minimum atomic E-state index is -4.25. The quantitative estimate of drug-likeness (QED) is 0.162. The molecule has 0 radical (unpaired) electrons. The van der Waals surface area contributed by atoms with Gasteiger partial charge >= 0.3 is 0 Å². The lowest BCUT2D eigenvalue weighted by molar-refractivity contribution is -0.140. The fraction of sp³-hybridized carbons (Fsp3) is 0.297. The molecule has 5 rings (SSSR count). The molecule has 4 aromatic carbocycles. The molecule has 1 N–H and O–H groups in total. The number of carbonyl (C=O) groups excluding carboxylic acids is 2. The maximum Gasteiger partial charge on any atom is 0.264 e. The zero-order valence-electron chi connectivity index (χ0n) is 26.4. The van der Waals surface area contributed by atoms with Crippen LogP contribution in [0, 0.1) is 0 Å². The fourth-order valence-corrected chi connectivity index (χ4v) is 7.55. The molecule has 10 heteroatoms. The standard InChI is InChI=1S/C37H40ClN3O5S/c1-2-46-35-24-14-13-23-33(35)41(47(44,45)31-20-7-4-8-21-31)27-36(42)40(26-29-17-9-12-22-32(29)38)34(25-28-15-5-3-6-16-28)37(43)39-30-18-10-11-19-30/h3-9,12-17,20-24,30,34H,2,10-11,18-19,25-27H2,1H3,(H,39,43)/t34-/m0/s1. The second kappa shape index (κ2) is 16.0. The van der Waals surface area contributed by atoms with E-state index in [9.17, 15) is 18.0 Å². The van der Waals surface area contributed by atoms with Gasteiger partial charge in [-0.1, -0.05) is 103 Å². The van der Waals surface area contributed by atoms with Gasteiger partial charge in [0.25, 0.3) is 10.0 Å². The third kappa shape index (κ3) is 8.53. The molecule has 1 aliphatic rings. The van der Waals surface area contributed by atoms with Crippen LogP contribution in [0.25, 0.3) is 0 Å². The Morgan fingerprint density at radius 3 is 2.17 bits per heavy atom. The van der Waals surface area contributed by atoms with Crippen molar-refractivity contribution in [3.63, 3.8) is 0 Å². The van der Waals surface area contributed by atoms with E-state index in [1.165, 1.54) is 17.0 Å². The molecule has 1 aliphatic carbocycles. The average molecular weight is 674 g/mol. The van der Waals surface area contributed by atoms with Crippen LogP contribution in [0.2, 0.25) is 5.02 Å². The van der Waals surface area contributed by atoms with E-state index in [2.05, 4.69) is 5.32 Å². The summed E-state index contributed by atoms with van der Waals surface area (Å²) in [5.74, 6) is -0.522. The Morgan fingerprint density at radius 1 is 0.872 bits per heavy atom. The van der Waals surface area contributed by atoms with E-state index in [1.807, 2.05) is 36.4 Å². The summed E-state index contributed by atoms with van der Waals surface area (Å²) in [6.07, 6.45) is 4.04. The van der Waals surface area contributed by atoms with Gasteiger partial charge in [0.2, 0.25) is 11.8 Å². The number of nitrogens with zero attached hydrogens (tertiary/aromatic N) is 2. The Bertz CT molecular complexity index is 1750. The summed E-state index contributed by atoms with van der Waals surface area (Å²) in [5.41, 5.74) is 1.73.